The van der Waals surface area contributed by atoms with Crippen molar-refractivity contribution in [2.45, 2.75) is 13.3 Å². The Morgan fingerprint density at radius 3 is 2.96 bits per heavy atom. The molecular weight excluding hydrogens is 440 g/mol. The van der Waals surface area contributed by atoms with Crippen LogP contribution in [-0.2, 0) is 11.0 Å². The molecule has 136 valence electrons. The molecule has 5 nitrogen and oxygen atoms in total. The second kappa shape index (κ2) is 7.94. The van der Waals surface area contributed by atoms with Crippen molar-refractivity contribution in [1.29, 1.82) is 0 Å². The summed E-state index contributed by atoms with van der Waals surface area (Å²) in [4.78, 5) is 20.1. The second-order valence-electron chi connectivity index (χ2n) is 5.62. The van der Waals surface area contributed by atoms with Crippen molar-refractivity contribution in [3.8, 4) is 0 Å². The standard InChI is InChI=1S/C17H16BrFN3O2PS/c1-2-5-26(24)22-13-4-3-12(19)14(16(13)25)15(23)11-8-21-17-10(11)6-9(18)7-20-17/h3-4,6-8,22H,2,5,25H2,1H3,(H,20,21). The fraction of sp³-hybridized carbons (Fsp3) is 0.176. The number of anilines is 1. The quantitative estimate of drug-likeness (QED) is 0.439. The summed E-state index contributed by atoms with van der Waals surface area (Å²) in [7, 11) is 1.08. The van der Waals surface area contributed by atoms with Gasteiger partial charge in [-0.25, -0.2) is 13.6 Å². The number of ketones is 1. The van der Waals surface area contributed by atoms with Gasteiger partial charge in [-0.05, 0) is 40.5 Å². The summed E-state index contributed by atoms with van der Waals surface area (Å²) < 4.78 is 30.0. The molecule has 3 aromatic rings. The van der Waals surface area contributed by atoms with Crippen LogP contribution in [0.4, 0.5) is 10.1 Å². The van der Waals surface area contributed by atoms with Crippen LogP contribution in [-0.4, -0.2) is 25.7 Å². The van der Waals surface area contributed by atoms with Crippen LogP contribution in [0.5, 0.6) is 0 Å². The number of carbonyl (C=O) groups excluding carboxylic acids is 1. The third-order valence-corrected chi connectivity index (χ3v) is 6.04. The minimum atomic E-state index is -1.29. The Balaban J connectivity index is 2.06. The number of benzene rings is 1. The Bertz CT molecular complexity index is 1020. The van der Waals surface area contributed by atoms with Crippen LogP contribution in [0.3, 0.4) is 0 Å². The summed E-state index contributed by atoms with van der Waals surface area (Å²) in [5.41, 5.74) is 1.24. The Labute approximate surface area is 163 Å². The van der Waals surface area contributed by atoms with E-state index in [1.807, 2.05) is 6.92 Å². The summed E-state index contributed by atoms with van der Waals surface area (Å²) in [6, 6.07) is 4.44. The zero-order chi connectivity index (χ0) is 18.8. The monoisotopic (exact) mass is 455 g/mol. The van der Waals surface area contributed by atoms with Crippen LogP contribution in [0.15, 0.2) is 35.1 Å². The molecule has 2 aromatic heterocycles. The Morgan fingerprint density at radius 1 is 1.46 bits per heavy atom. The lowest BCUT2D eigenvalue weighted by molar-refractivity contribution is 0.103. The summed E-state index contributed by atoms with van der Waals surface area (Å²) in [5, 5.41) is 0.942. The van der Waals surface area contributed by atoms with Gasteiger partial charge in [0.2, 0.25) is 0 Å². The molecule has 2 heterocycles. The molecule has 0 saturated heterocycles. The highest BCUT2D eigenvalue weighted by atomic mass is 79.9. The van der Waals surface area contributed by atoms with Gasteiger partial charge >= 0.3 is 0 Å². The molecular formula is C17H16BrFN3O2PS. The van der Waals surface area contributed by atoms with E-state index in [9.17, 15) is 13.4 Å². The van der Waals surface area contributed by atoms with Gasteiger partial charge in [-0.3, -0.25) is 4.79 Å². The van der Waals surface area contributed by atoms with Gasteiger partial charge in [0.25, 0.3) is 0 Å². The number of nitrogens with one attached hydrogen (secondary N) is 2. The molecule has 0 aliphatic rings. The van der Waals surface area contributed by atoms with Crippen LogP contribution in [0, 0.1) is 5.82 Å². The molecule has 1 aromatic carbocycles. The van der Waals surface area contributed by atoms with Crippen molar-refractivity contribution in [3.63, 3.8) is 0 Å². The number of pyridine rings is 1. The van der Waals surface area contributed by atoms with E-state index in [2.05, 4.69) is 39.9 Å². The van der Waals surface area contributed by atoms with Gasteiger partial charge in [0.05, 0.1) is 11.3 Å². The molecule has 2 unspecified atom stereocenters. The lowest BCUT2D eigenvalue weighted by atomic mass is 10.0. The second-order valence-corrected chi connectivity index (χ2v) is 8.41. The van der Waals surface area contributed by atoms with Crippen molar-refractivity contribution in [1.82, 2.24) is 9.97 Å². The van der Waals surface area contributed by atoms with Crippen molar-refractivity contribution in [3.05, 3.63) is 52.0 Å². The molecule has 26 heavy (non-hydrogen) atoms. The van der Waals surface area contributed by atoms with Crippen LogP contribution >= 0.6 is 25.2 Å². The topological polar surface area (TPSA) is 74.8 Å². The SMILES string of the molecule is CCCS(=O)Nc1ccc(F)c(C(=O)c2c[nH]c3ncc(Br)cc23)c1P. The predicted molar refractivity (Wildman–Crippen MR) is 110 cm³/mol. The third kappa shape index (κ3) is 3.72. The number of nitrogens with zero attached hydrogens (tertiary/aromatic N) is 1. The van der Waals surface area contributed by atoms with Crippen LogP contribution in [0.2, 0.25) is 0 Å². The first kappa shape index (κ1) is 19.1. The van der Waals surface area contributed by atoms with Crippen LogP contribution in [0.25, 0.3) is 11.0 Å². The number of fused-ring (bicyclic) bond motifs is 1. The molecule has 0 amide bonds. The molecule has 9 heteroatoms. The molecule has 0 radical (unpaired) electrons. The van der Waals surface area contributed by atoms with E-state index in [0.717, 1.165) is 10.9 Å². The normalized spacial score (nSPS) is 12.3. The molecule has 0 fully saturated rings. The molecule has 0 bridgehead atoms. The van der Waals surface area contributed by atoms with Crippen molar-refractivity contribution in [2.24, 2.45) is 0 Å². The van der Waals surface area contributed by atoms with E-state index in [1.165, 1.54) is 18.3 Å². The van der Waals surface area contributed by atoms with E-state index in [-0.39, 0.29) is 5.56 Å². The number of hydrogen-bond donors (Lipinski definition) is 2. The number of H-pyrrole nitrogens is 1. The summed E-state index contributed by atoms with van der Waals surface area (Å²) >= 11 is 3.33. The molecule has 0 aliphatic heterocycles. The maximum absolute atomic E-state index is 14.5. The Kier molecular flexibility index (Phi) is 5.85. The number of hydrogen-bond acceptors (Lipinski definition) is 3. The average molecular weight is 456 g/mol. The summed E-state index contributed by atoms with van der Waals surface area (Å²) in [6.45, 7) is 1.92. The van der Waals surface area contributed by atoms with Gasteiger partial charge < -0.3 is 9.71 Å². The zero-order valence-corrected chi connectivity index (χ0v) is 17.4. The number of rotatable bonds is 6. The first-order valence-corrected chi connectivity index (χ1v) is 10.5. The van der Waals surface area contributed by atoms with Crippen LogP contribution in [0.1, 0.15) is 29.3 Å². The highest BCUT2D eigenvalue weighted by molar-refractivity contribution is 9.10. The molecule has 0 saturated carbocycles. The minimum Gasteiger partial charge on any atom is -0.345 e. The van der Waals surface area contributed by atoms with E-state index < -0.39 is 22.6 Å². The first-order chi connectivity index (χ1) is 12.4. The highest BCUT2D eigenvalue weighted by Gasteiger charge is 2.22. The zero-order valence-electron chi connectivity index (χ0n) is 13.8. The lowest BCUT2D eigenvalue weighted by Crippen LogP contribution is -2.19. The van der Waals surface area contributed by atoms with E-state index in [1.54, 1.807) is 12.3 Å². The molecule has 2 N–H and O–H groups in total. The number of carbonyl (C=O) groups is 1. The molecule has 0 aliphatic carbocycles. The van der Waals surface area contributed by atoms with Gasteiger partial charge in [0.15, 0.2) is 5.78 Å². The van der Waals surface area contributed by atoms with E-state index in [4.69, 9.17) is 0 Å². The minimum absolute atomic E-state index is 0.0747. The Morgan fingerprint density at radius 2 is 2.23 bits per heavy atom. The smallest absolute Gasteiger partial charge is 0.198 e. The fourth-order valence-electron chi connectivity index (χ4n) is 2.57. The Hall–Kier alpha value is -1.63. The first-order valence-electron chi connectivity index (χ1n) is 7.82. The van der Waals surface area contributed by atoms with E-state index in [0.29, 0.717) is 33.3 Å². The van der Waals surface area contributed by atoms with E-state index >= 15 is 0 Å². The maximum atomic E-state index is 14.5. The lowest BCUT2D eigenvalue weighted by Gasteiger charge is -2.13. The number of aromatic nitrogens is 2. The molecule has 2 atom stereocenters. The summed E-state index contributed by atoms with van der Waals surface area (Å²) in [5.74, 6) is -0.639. The van der Waals surface area contributed by atoms with Crippen molar-refractivity contribution < 1.29 is 13.4 Å². The predicted octanol–water partition coefficient (Wildman–Crippen LogP) is 3.68. The van der Waals surface area contributed by atoms with Crippen molar-refractivity contribution >= 4 is 64.0 Å². The van der Waals surface area contributed by atoms with Gasteiger partial charge in [-0.15, -0.1) is 9.24 Å². The number of halogens is 2. The highest BCUT2D eigenvalue weighted by Crippen LogP contribution is 2.25. The largest absolute Gasteiger partial charge is 0.345 e. The number of aromatic amines is 1. The molecule has 3 rings (SSSR count). The van der Waals surface area contributed by atoms with Gasteiger partial charge in [-0.1, -0.05) is 6.92 Å². The van der Waals surface area contributed by atoms with Gasteiger partial charge in [-0.2, -0.15) is 0 Å². The maximum Gasteiger partial charge on any atom is 0.198 e. The van der Waals surface area contributed by atoms with Crippen LogP contribution < -0.4 is 10.0 Å². The molecule has 0 spiro atoms. The average Bonchev–Trinajstić information content (AvgIpc) is 3.00. The van der Waals surface area contributed by atoms with Gasteiger partial charge in [0, 0.05) is 38.9 Å². The summed E-state index contributed by atoms with van der Waals surface area (Å²) in [6.07, 6.45) is 3.88. The third-order valence-electron chi connectivity index (χ3n) is 3.78. The van der Waals surface area contributed by atoms with Crippen molar-refractivity contribution in [2.75, 3.05) is 10.5 Å². The fourth-order valence-corrected chi connectivity index (χ4v) is 4.34. The van der Waals surface area contributed by atoms with Gasteiger partial charge in [0.1, 0.15) is 22.5 Å².